The van der Waals surface area contributed by atoms with Crippen molar-refractivity contribution in [3.8, 4) is 5.88 Å². The minimum Gasteiger partial charge on any atom is -0.480 e. The standard InChI is InChI=1S/C13H15N5O2S/c1-7-4-5-8(6-15-7)16-11-9(10(14)19)12(20-2)18-13(17-11)21-3/h4-6H,1-3H3,(H2,14,19)(H,16,17,18). The van der Waals surface area contributed by atoms with Gasteiger partial charge in [-0.3, -0.25) is 9.78 Å². The molecule has 3 N–H and O–H groups in total. The maximum Gasteiger partial charge on any atom is 0.258 e. The Labute approximate surface area is 126 Å². The van der Waals surface area contributed by atoms with E-state index in [4.69, 9.17) is 10.5 Å². The predicted octanol–water partition coefficient (Wildman–Crippen LogP) is 1.75. The lowest BCUT2D eigenvalue weighted by molar-refractivity contribution is 0.0997. The molecule has 0 saturated heterocycles. The summed E-state index contributed by atoms with van der Waals surface area (Å²) in [5.41, 5.74) is 7.09. The molecule has 0 saturated carbocycles. The smallest absolute Gasteiger partial charge is 0.258 e. The zero-order valence-corrected chi connectivity index (χ0v) is 12.7. The van der Waals surface area contributed by atoms with Gasteiger partial charge in [-0.15, -0.1) is 0 Å². The van der Waals surface area contributed by atoms with Gasteiger partial charge in [-0.2, -0.15) is 4.98 Å². The lowest BCUT2D eigenvalue weighted by atomic mass is 10.2. The topological polar surface area (TPSA) is 103 Å². The highest BCUT2D eigenvalue weighted by Crippen LogP contribution is 2.27. The number of hydrogen-bond acceptors (Lipinski definition) is 7. The number of aryl methyl sites for hydroxylation is 1. The zero-order chi connectivity index (χ0) is 15.4. The van der Waals surface area contributed by atoms with Gasteiger partial charge in [0.25, 0.3) is 5.91 Å². The number of carbonyl (C=O) groups excluding carboxylic acids is 1. The van der Waals surface area contributed by atoms with Gasteiger partial charge in [-0.25, -0.2) is 4.98 Å². The third kappa shape index (κ3) is 3.40. The Morgan fingerprint density at radius 3 is 2.67 bits per heavy atom. The van der Waals surface area contributed by atoms with E-state index >= 15 is 0 Å². The van der Waals surface area contributed by atoms with Crippen molar-refractivity contribution in [2.75, 3.05) is 18.7 Å². The minimum absolute atomic E-state index is 0.107. The Kier molecular flexibility index (Phi) is 4.59. The van der Waals surface area contributed by atoms with Crippen LogP contribution in [-0.2, 0) is 0 Å². The fraction of sp³-hybridized carbons (Fsp3) is 0.231. The van der Waals surface area contributed by atoms with Gasteiger partial charge in [0.05, 0.1) is 19.0 Å². The number of nitrogens with one attached hydrogen (secondary N) is 1. The molecule has 2 aromatic rings. The summed E-state index contributed by atoms with van der Waals surface area (Å²) < 4.78 is 5.13. The number of rotatable bonds is 5. The van der Waals surface area contributed by atoms with Crippen LogP contribution < -0.4 is 15.8 Å². The highest BCUT2D eigenvalue weighted by molar-refractivity contribution is 7.98. The van der Waals surface area contributed by atoms with Crippen molar-refractivity contribution >= 4 is 29.2 Å². The fourth-order valence-electron chi connectivity index (χ4n) is 1.65. The molecule has 0 aliphatic rings. The van der Waals surface area contributed by atoms with Crippen LogP contribution in [0.15, 0.2) is 23.5 Å². The summed E-state index contributed by atoms with van der Waals surface area (Å²) in [6.07, 6.45) is 3.48. The third-order valence-corrected chi connectivity index (χ3v) is 3.20. The van der Waals surface area contributed by atoms with Gasteiger partial charge in [0.1, 0.15) is 5.56 Å². The van der Waals surface area contributed by atoms with Crippen LogP contribution in [0.2, 0.25) is 0 Å². The molecule has 8 heteroatoms. The van der Waals surface area contributed by atoms with Gasteiger partial charge >= 0.3 is 0 Å². The van der Waals surface area contributed by atoms with Crippen LogP contribution in [0.3, 0.4) is 0 Å². The molecule has 1 amide bonds. The fourth-order valence-corrected chi connectivity index (χ4v) is 2.01. The molecule has 0 aliphatic carbocycles. The molecule has 0 fully saturated rings. The maximum atomic E-state index is 11.6. The molecule has 7 nitrogen and oxygen atoms in total. The Balaban J connectivity index is 2.49. The molecule has 110 valence electrons. The predicted molar refractivity (Wildman–Crippen MR) is 81.1 cm³/mol. The lowest BCUT2D eigenvalue weighted by Gasteiger charge is -2.12. The van der Waals surface area contributed by atoms with E-state index in [1.807, 2.05) is 25.3 Å². The average Bonchev–Trinajstić information content (AvgIpc) is 2.48. The van der Waals surface area contributed by atoms with E-state index in [9.17, 15) is 4.79 Å². The van der Waals surface area contributed by atoms with E-state index in [0.29, 0.717) is 16.7 Å². The van der Waals surface area contributed by atoms with E-state index < -0.39 is 5.91 Å². The van der Waals surface area contributed by atoms with Gasteiger partial charge in [-0.1, -0.05) is 11.8 Å². The molecular formula is C13H15N5O2S. The third-order valence-electron chi connectivity index (χ3n) is 2.65. The molecule has 0 radical (unpaired) electrons. The van der Waals surface area contributed by atoms with Crippen molar-refractivity contribution in [1.29, 1.82) is 0 Å². The van der Waals surface area contributed by atoms with Gasteiger partial charge < -0.3 is 15.8 Å². The van der Waals surface area contributed by atoms with Crippen molar-refractivity contribution in [3.63, 3.8) is 0 Å². The second kappa shape index (κ2) is 6.40. The number of nitrogens with two attached hydrogens (primary N) is 1. The van der Waals surface area contributed by atoms with Gasteiger partial charge in [0.2, 0.25) is 5.88 Å². The van der Waals surface area contributed by atoms with Crippen molar-refractivity contribution in [3.05, 3.63) is 29.6 Å². The molecule has 0 spiro atoms. The molecule has 21 heavy (non-hydrogen) atoms. The quantitative estimate of drug-likeness (QED) is 0.640. The van der Waals surface area contributed by atoms with Crippen molar-refractivity contribution in [2.24, 2.45) is 5.73 Å². The molecule has 0 aliphatic heterocycles. The SMILES string of the molecule is COc1nc(SC)nc(Nc2ccc(C)nc2)c1C(N)=O. The second-order valence-electron chi connectivity index (χ2n) is 4.12. The number of pyridine rings is 1. The van der Waals surface area contributed by atoms with Gasteiger partial charge in [-0.05, 0) is 25.3 Å². The highest BCUT2D eigenvalue weighted by atomic mass is 32.2. The Morgan fingerprint density at radius 1 is 1.38 bits per heavy atom. The first-order valence-electron chi connectivity index (χ1n) is 6.04. The average molecular weight is 305 g/mol. The number of thioether (sulfide) groups is 1. The van der Waals surface area contributed by atoms with Crippen LogP contribution >= 0.6 is 11.8 Å². The number of aromatic nitrogens is 3. The molecule has 2 rings (SSSR count). The van der Waals surface area contributed by atoms with E-state index in [1.54, 1.807) is 6.20 Å². The molecule has 0 aromatic carbocycles. The van der Waals surface area contributed by atoms with Crippen LogP contribution in [0, 0.1) is 6.92 Å². The minimum atomic E-state index is -0.665. The maximum absolute atomic E-state index is 11.6. The number of amides is 1. The monoisotopic (exact) mass is 305 g/mol. The number of anilines is 2. The largest absolute Gasteiger partial charge is 0.480 e. The summed E-state index contributed by atoms with van der Waals surface area (Å²) in [6, 6.07) is 3.68. The number of hydrogen-bond donors (Lipinski definition) is 2. The van der Waals surface area contributed by atoms with Crippen LogP contribution in [0.25, 0.3) is 0 Å². The number of nitrogens with zero attached hydrogens (tertiary/aromatic N) is 3. The Bertz CT molecular complexity index is 660. The first kappa shape index (κ1) is 15.0. The van der Waals surface area contributed by atoms with Crippen LogP contribution in [0.1, 0.15) is 16.1 Å². The highest BCUT2D eigenvalue weighted by Gasteiger charge is 2.20. The summed E-state index contributed by atoms with van der Waals surface area (Å²) in [7, 11) is 1.43. The van der Waals surface area contributed by atoms with Crippen molar-refractivity contribution < 1.29 is 9.53 Å². The molecule has 0 bridgehead atoms. The van der Waals surface area contributed by atoms with Gasteiger partial charge in [0, 0.05) is 5.69 Å². The summed E-state index contributed by atoms with van der Waals surface area (Å²) in [5, 5.41) is 3.49. The van der Waals surface area contributed by atoms with Crippen molar-refractivity contribution in [2.45, 2.75) is 12.1 Å². The number of primary amides is 1. The molecule has 0 unspecified atom stereocenters. The first-order valence-corrected chi connectivity index (χ1v) is 7.27. The van der Waals surface area contributed by atoms with E-state index in [0.717, 1.165) is 5.69 Å². The molecule has 2 heterocycles. The molecule has 0 atom stereocenters. The summed E-state index contributed by atoms with van der Waals surface area (Å²) >= 11 is 1.34. The summed E-state index contributed by atoms with van der Waals surface area (Å²) in [5.74, 6) is -0.226. The molecular weight excluding hydrogens is 290 g/mol. The first-order chi connectivity index (χ1) is 10.0. The zero-order valence-electron chi connectivity index (χ0n) is 11.9. The number of ether oxygens (including phenoxy) is 1. The number of carbonyl (C=O) groups is 1. The summed E-state index contributed by atoms with van der Waals surface area (Å²) in [6.45, 7) is 1.89. The van der Waals surface area contributed by atoms with Crippen molar-refractivity contribution in [1.82, 2.24) is 15.0 Å². The molecule has 2 aromatic heterocycles. The van der Waals surface area contributed by atoms with Crippen LogP contribution in [0.4, 0.5) is 11.5 Å². The Hall–Kier alpha value is -2.35. The Morgan fingerprint density at radius 2 is 2.14 bits per heavy atom. The van der Waals surface area contributed by atoms with Crippen LogP contribution in [0.5, 0.6) is 5.88 Å². The second-order valence-corrected chi connectivity index (χ2v) is 4.89. The summed E-state index contributed by atoms with van der Waals surface area (Å²) in [4.78, 5) is 24.2. The number of methoxy groups -OCH3 is 1. The van der Waals surface area contributed by atoms with Crippen LogP contribution in [-0.4, -0.2) is 34.2 Å². The van der Waals surface area contributed by atoms with Gasteiger partial charge in [0.15, 0.2) is 11.0 Å². The normalized spacial score (nSPS) is 10.2. The van der Waals surface area contributed by atoms with E-state index in [1.165, 1.54) is 18.9 Å². The van der Waals surface area contributed by atoms with E-state index in [2.05, 4.69) is 20.3 Å². The lowest BCUT2D eigenvalue weighted by Crippen LogP contribution is -2.17. The van der Waals surface area contributed by atoms with E-state index in [-0.39, 0.29) is 11.4 Å².